The molecule has 0 radical (unpaired) electrons. The maximum atomic E-state index is 5.60. The molecule has 1 heterocycles. The van der Waals surface area contributed by atoms with Crippen LogP contribution < -0.4 is 4.74 Å². The maximum absolute atomic E-state index is 5.60. The number of hydrogen-bond acceptors (Lipinski definition) is 4. The summed E-state index contributed by atoms with van der Waals surface area (Å²) in [7, 11) is 0. The lowest BCUT2D eigenvalue weighted by Gasteiger charge is -2.02. The van der Waals surface area contributed by atoms with E-state index in [-0.39, 0.29) is 6.61 Å². The van der Waals surface area contributed by atoms with E-state index in [1.165, 1.54) is 0 Å². The van der Waals surface area contributed by atoms with Crippen molar-refractivity contribution in [2.24, 2.45) is 0 Å². The molecule has 1 aromatic heterocycles. The van der Waals surface area contributed by atoms with Crippen molar-refractivity contribution in [3.05, 3.63) is 65.0 Å². The summed E-state index contributed by atoms with van der Waals surface area (Å²) >= 11 is 3.39. The summed E-state index contributed by atoms with van der Waals surface area (Å²) in [5.41, 5.74) is 0.897. The highest BCUT2D eigenvalue weighted by atomic mass is 79.9. The average Bonchev–Trinajstić information content (AvgIpc) is 2.95. The first-order chi connectivity index (χ1) is 9.81. The Morgan fingerprint density at radius 3 is 2.65 bits per heavy atom. The van der Waals surface area contributed by atoms with Gasteiger partial charge in [-0.3, -0.25) is 0 Å². The van der Waals surface area contributed by atoms with Gasteiger partial charge in [0, 0.05) is 10.0 Å². The third-order valence-electron chi connectivity index (χ3n) is 2.65. The topological polar surface area (TPSA) is 48.2 Å². The summed E-state index contributed by atoms with van der Waals surface area (Å²) in [4.78, 5) is 0. The van der Waals surface area contributed by atoms with Crippen molar-refractivity contribution in [1.82, 2.24) is 10.2 Å². The Kier molecular flexibility index (Phi) is 3.78. The van der Waals surface area contributed by atoms with Gasteiger partial charge in [0.15, 0.2) is 6.61 Å². The van der Waals surface area contributed by atoms with Crippen LogP contribution in [0, 0.1) is 0 Å². The van der Waals surface area contributed by atoms with Gasteiger partial charge in [-0.25, -0.2) is 0 Å². The maximum Gasteiger partial charge on any atom is 0.254 e. The van der Waals surface area contributed by atoms with Crippen LogP contribution in [0.4, 0.5) is 0 Å². The van der Waals surface area contributed by atoms with E-state index >= 15 is 0 Å². The molecule has 3 rings (SSSR count). The van der Waals surface area contributed by atoms with Crippen LogP contribution in [0.5, 0.6) is 5.75 Å². The van der Waals surface area contributed by atoms with E-state index in [1.807, 2.05) is 54.6 Å². The van der Waals surface area contributed by atoms with Crippen LogP contribution in [0.15, 0.2) is 63.5 Å². The molecule has 0 spiro atoms. The zero-order valence-corrected chi connectivity index (χ0v) is 12.1. The predicted molar refractivity (Wildman–Crippen MR) is 78.2 cm³/mol. The second-order valence-corrected chi connectivity index (χ2v) is 5.03. The first-order valence-electron chi connectivity index (χ1n) is 6.07. The van der Waals surface area contributed by atoms with E-state index in [0.717, 1.165) is 15.8 Å². The quantitative estimate of drug-likeness (QED) is 0.723. The zero-order valence-electron chi connectivity index (χ0n) is 10.5. The number of nitrogens with zero attached hydrogens (tertiary/aromatic N) is 2. The van der Waals surface area contributed by atoms with Gasteiger partial charge >= 0.3 is 0 Å². The molecule has 0 fully saturated rings. The molecule has 100 valence electrons. The van der Waals surface area contributed by atoms with Crippen molar-refractivity contribution < 1.29 is 9.15 Å². The van der Waals surface area contributed by atoms with Crippen molar-refractivity contribution in [3.8, 4) is 17.2 Å². The zero-order chi connectivity index (χ0) is 13.8. The molecular weight excluding hydrogens is 320 g/mol. The van der Waals surface area contributed by atoms with Gasteiger partial charge in [0.25, 0.3) is 5.89 Å². The van der Waals surface area contributed by atoms with Crippen LogP contribution in [0.3, 0.4) is 0 Å². The van der Waals surface area contributed by atoms with Gasteiger partial charge in [0.2, 0.25) is 5.89 Å². The van der Waals surface area contributed by atoms with Gasteiger partial charge in [-0.05, 0) is 30.3 Å². The van der Waals surface area contributed by atoms with Crippen molar-refractivity contribution in [2.75, 3.05) is 0 Å². The smallest absolute Gasteiger partial charge is 0.254 e. The first kappa shape index (κ1) is 12.9. The van der Waals surface area contributed by atoms with E-state index in [9.17, 15) is 0 Å². The largest absolute Gasteiger partial charge is 0.484 e. The van der Waals surface area contributed by atoms with E-state index < -0.39 is 0 Å². The molecule has 0 N–H and O–H groups in total. The summed E-state index contributed by atoms with van der Waals surface area (Å²) in [5.74, 6) is 1.70. The summed E-state index contributed by atoms with van der Waals surface area (Å²) in [6.07, 6.45) is 0. The summed E-state index contributed by atoms with van der Waals surface area (Å²) in [6, 6.07) is 17.2. The molecule has 0 atom stereocenters. The minimum absolute atomic E-state index is 0.246. The van der Waals surface area contributed by atoms with Gasteiger partial charge in [-0.1, -0.05) is 40.2 Å². The third kappa shape index (κ3) is 3.05. The van der Waals surface area contributed by atoms with Crippen molar-refractivity contribution >= 4 is 15.9 Å². The highest BCUT2D eigenvalue weighted by Crippen LogP contribution is 2.20. The lowest BCUT2D eigenvalue weighted by atomic mass is 10.2. The van der Waals surface area contributed by atoms with Crippen molar-refractivity contribution in [2.45, 2.75) is 6.61 Å². The number of ether oxygens (including phenoxy) is 1. The molecule has 2 aromatic carbocycles. The normalized spacial score (nSPS) is 10.4. The average molecular weight is 331 g/mol. The van der Waals surface area contributed by atoms with Crippen molar-refractivity contribution in [3.63, 3.8) is 0 Å². The fourth-order valence-corrected chi connectivity index (χ4v) is 2.09. The Morgan fingerprint density at radius 1 is 1.00 bits per heavy atom. The van der Waals surface area contributed by atoms with Crippen LogP contribution in [-0.4, -0.2) is 10.2 Å². The first-order valence-corrected chi connectivity index (χ1v) is 6.87. The van der Waals surface area contributed by atoms with E-state index in [1.54, 1.807) is 0 Å². The minimum Gasteiger partial charge on any atom is -0.484 e. The molecule has 5 heteroatoms. The summed E-state index contributed by atoms with van der Waals surface area (Å²) in [5, 5.41) is 7.99. The van der Waals surface area contributed by atoms with Gasteiger partial charge in [0.1, 0.15) is 5.75 Å². The van der Waals surface area contributed by atoms with Crippen LogP contribution >= 0.6 is 15.9 Å². The van der Waals surface area contributed by atoms with Gasteiger partial charge < -0.3 is 9.15 Å². The fourth-order valence-electron chi connectivity index (χ4n) is 1.71. The molecule has 20 heavy (non-hydrogen) atoms. The van der Waals surface area contributed by atoms with E-state index in [4.69, 9.17) is 9.15 Å². The van der Waals surface area contributed by atoms with Crippen LogP contribution in [0.25, 0.3) is 11.5 Å². The Bertz CT molecular complexity index is 698. The molecule has 0 saturated heterocycles. The standard InChI is InChI=1S/C15H11BrN2O2/c16-12-7-4-8-13(9-12)19-10-14-17-18-15(20-14)11-5-2-1-3-6-11/h1-9H,10H2. The van der Waals surface area contributed by atoms with Gasteiger partial charge in [-0.15, -0.1) is 10.2 Å². The molecule has 0 saturated carbocycles. The predicted octanol–water partition coefficient (Wildman–Crippen LogP) is 4.08. The van der Waals surface area contributed by atoms with Gasteiger partial charge in [-0.2, -0.15) is 0 Å². The van der Waals surface area contributed by atoms with E-state index in [2.05, 4.69) is 26.1 Å². The molecule has 0 amide bonds. The summed E-state index contributed by atoms with van der Waals surface area (Å²) in [6.45, 7) is 0.246. The molecular formula is C15H11BrN2O2. The van der Waals surface area contributed by atoms with Crippen LogP contribution in [-0.2, 0) is 6.61 Å². The lowest BCUT2D eigenvalue weighted by molar-refractivity contribution is 0.264. The Balaban J connectivity index is 1.69. The fraction of sp³-hybridized carbons (Fsp3) is 0.0667. The molecule has 0 unspecified atom stereocenters. The molecule has 0 bridgehead atoms. The van der Waals surface area contributed by atoms with Gasteiger partial charge in [0.05, 0.1) is 0 Å². The van der Waals surface area contributed by atoms with E-state index in [0.29, 0.717) is 11.8 Å². The second kappa shape index (κ2) is 5.88. The monoisotopic (exact) mass is 330 g/mol. The van der Waals surface area contributed by atoms with Crippen LogP contribution in [0.1, 0.15) is 5.89 Å². The minimum atomic E-state index is 0.246. The molecule has 0 aliphatic heterocycles. The molecule has 0 aliphatic carbocycles. The number of aromatic nitrogens is 2. The number of halogens is 1. The SMILES string of the molecule is Brc1cccc(OCc2nnc(-c3ccccc3)o2)c1. The van der Waals surface area contributed by atoms with Crippen molar-refractivity contribution in [1.29, 1.82) is 0 Å². The third-order valence-corrected chi connectivity index (χ3v) is 3.14. The molecule has 0 aliphatic rings. The number of benzene rings is 2. The second-order valence-electron chi connectivity index (χ2n) is 4.11. The Labute approximate surface area is 124 Å². The highest BCUT2D eigenvalue weighted by molar-refractivity contribution is 9.10. The Hall–Kier alpha value is -2.14. The summed E-state index contributed by atoms with van der Waals surface area (Å²) < 4.78 is 12.1. The van der Waals surface area contributed by atoms with Crippen LogP contribution in [0.2, 0.25) is 0 Å². The Morgan fingerprint density at radius 2 is 1.85 bits per heavy atom. The number of hydrogen-bond donors (Lipinski definition) is 0. The number of rotatable bonds is 4. The molecule has 3 aromatic rings. The highest BCUT2D eigenvalue weighted by Gasteiger charge is 2.08. The lowest BCUT2D eigenvalue weighted by Crippen LogP contribution is -1.95. The molecule has 4 nitrogen and oxygen atoms in total.